The highest BCUT2D eigenvalue weighted by Gasteiger charge is 2.14. The molecule has 1 aromatic heterocycles. The minimum Gasteiger partial charge on any atom is -0.506 e. The normalized spacial score (nSPS) is 11.3. The van der Waals surface area contributed by atoms with Crippen molar-refractivity contribution in [2.24, 2.45) is 0 Å². The van der Waals surface area contributed by atoms with Crippen LogP contribution in [0.15, 0.2) is 33.5 Å². The van der Waals surface area contributed by atoms with Gasteiger partial charge in [0.25, 0.3) is 0 Å². The van der Waals surface area contributed by atoms with Crippen LogP contribution in [0.4, 0.5) is 0 Å². The van der Waals surface area contributed by atoms with E-state index in [1.165, 1.54) is 6.08 Å². The summed E-state index contributed by atoms with van der Waals surface area (Å²) in [7, 11) is 0. The molecule has 0 radical (unpaired) electrons. The molecule has 2 aromatic rings. The molecule has 0 amide bonds. The van der Waals surface area contributed by atoms with Crippen molar-refractivity contribution in [3.63, 3.8) is 0 Å². The molecule has 0 unspecified atom stereocenters. The Morgan fingerprint density at radius 1 is 1.42 bits per heavy atom. The van der Waals surface area contributed by atoms with Gasteiger partial charge in [-0.3, -0.25) is 0 Å². The van der Waals surface area contributed by atoms with Gasteiger partial charge in [-0.15, -0.1) is 0 Å². The maximum Gasteiger partial charge on any atom is 0.347 e. The molecule has 1 aromatic carbocycles. The minimum atomic E-state index is -0.636. The lowest BCUT2D eigenvalue weighted by molar-refractivity contribution is 0.201. The SMILES string of the molecule is CC=Cc1c(O)c2cccc(OCCO)c2oc1=O. The summed E-state index contributed by atoms with van der Waals surface area (Å²) in [4.78, 5) is 11.8. The minimum absolute atomic E-state index is 0.0835. The molecule has 0 saturated carbocycles. The highest BCUT2D eigenvalue weighted by atomic mass is 16.5. The number of rotatable bonds is 4. The zero-order valence-electron chi connectivity index (χ0n) is 10.4. The molecular formula is C14H14O5. The van der Waals surface area contributed by atoms with E-state index in [1.54, 1.807) is 31.2 Å². The highest BCUT2D eigenvalue weighted by Crippen LogP contribution is 2.32. The highest BCUT2D eigenvalue weighted by molar-refractivity contribution is 5.90. The lowest BCUT2D eigenvalue weighted by Gasteiger charge is -2.08. The first kappa shape index (κ1) is 13.2. The summed E-state index contributed by atoms with van der Waals surface area (Å²) in [5.41, 5.74) is -0.357. The molecule has 0 spiro atoms. The zero-order chi connectivity index (χ0) is 13.8. The van der Waals surface area contributed by atoms with Crippen molar-refractivity contribution in [3.8, 4) is 11.5 Å². The molecule has 0 saturated heterocycles. The zero-order valence-corrected chi connectivity index (χ0v) is 10.4. The molecule has 0 aliphatic heterocycles. The summed E-state index contributed by atoms with van der Waals surface area (Å²) in [6.45, 7) is 1.67. The van der Waals surface area contributed by atoms with Gasteiger partial charge in [-0.2, -0.15) is 0 Å². The third-order valence-corrected chi connectivity index (χ3v) is 2.59. The molecule has 2 rings (SSSR count). The van der Waals surface area contributed by atoms with Gasteiger partial charge in [-0.25, -0.2) is 4.79 Å². The fourth-order valence-corrected chi connectivity index (χ4v) is 1.78. The summed E-state index contributed by atoms with van der Waals surface area (Å²) in [5, 5.41) is 19.2. The summed E-state index contributed by atoms with van der Waals surface area (Å²) >= 11 is 0. The van der Waals surface area contributed by atoms with E-state index in [9.17, 15) is 9.90 Å². The van der Waals surface area contributed by atoms with E-state index in [-0.39, 0.29) is 30.1 Å². The maximum atomic E-state index is 11.8. The second-order valence-corrected chi connectivity index (χ2v) is 3.86. The monoisotopic (exact) mass is 262 g/mol. The second kappa shape index (κ2) is 5.58. The van der Waals surface area contributed by atoms with Gasteiger partial charge in [-0.05, 0) is 25.1 Å². The van der Waals surface area contributed by atoms with E-state index < -0.39 is 5.63 Å². The van der Waals surface area contributed by atoms with Crippen molar-refractivity contribution in [3.05, 3.63) is 40.3 Å². The van der Waals surface area contributed by atoms with Crippen molar-refractivity contribution < 1.29 is 19.4 Å². The quantitative estimate of drug-likeness (QED) is 0.823. The Balaban J connectivity index is 2.69. The van der Waals surface area contributed by atoms with Gasteiger partial charge in [0.1, 0.15) is 17.9 Å². The van der Waals surface area contributed by atoms with Crippen LogP contribution in [0.25, 0.3) is 17.0 Å². The van der Waals surface area contributed by atoms with Gasteiger partial charge < -0.3 is 19.4 Å². The number of ether oxygens (including phenoxy) is 1. The number of aliphatic hydroxyl groups excluding tert-OH is 1. The molecule has 19 heavy (non-hydrogen) atoms. The van der Waals surface area contributed by atoms with Gasteiger partial charge in [-0.1, -0.05) is 12.1 Å². The average molecular weight is 262 g/mol. The predicted octanol–water partition coefficient (Wildman–Crippen LogP) is 1.90. The molecule has 5 nitrogen and oxygen atoms in total. The van der Waals surface area contributed by atoms with Crippen LogP contribution in [0.2, 0.25) is 0 Å². The van der Waals surface area contributed by atoms with E-state index in [0.717, 1.165) is 0 Å². The Bertz CT molecular complexity index is 669. The third kappa shape index (κ3) is 2.46. The number of hydrogen-bond acceptors (Lipinski definition) is 5. The van der Waals surface area contributed by atoms with E-state index in [2.05, 4.69) is 0 Å². The average Bonchev–Trinajstić information content (AvgIpc) is 2.41. The number of allylic oxidation sites excluding steroid dienone is 1. The van der Waals surface area contributed by atoms with Crippen molar-refractivity contribution in [2.45, 2.75) is 6.92 Å². The fourth-order valence-electron chi connectivity index (χ4n) is 1.78. The van der Waals surface area contributed by atoms with Gasteiger partial charge >= 0.3 is 5.63 Å². The molecule has 0 aliphatic rings. The topological polar surface area (TPSA) is 79.9 Å². The number of para-hydroxylation sites is 1. The number of benzene rings is 1. The van der Waals surface area contributed by atoms with Crippen molar-refractivity contribution >= 4 is 17.0 Å². The van der Waals surface area contributed by atoms with Crippen molar-refractivity contribution in [1.29, 1.82) is 0 Å². The maximum absolute atomic E-state index is 11.8. The molecule has 0 fully saturated rings. The number of fused-ring (bicyclic) bond motifs is 1. The first-order valence-corrected chi connectivity index (χ1v) is 5.84. The van der Waals surface area contributed by atoms with Crippen LogP contribution in [0.3, 0.4) is 0 Å². The molecule has 0 bridgehead atoms. The standard InChI is InChI=1S/C14H14O5/c1-2-4-10-12(16)9-5-3-6-11(18-8-7-15)13(9)19-14(10)17/h2-6,15-16H,7-8H2,1H3. The van der Waals surface area contributed by atoms with E-state index in [0.29, 0.717) is 11.1 Å². The van der Waals surface area contributed by atoms with E-state index in [1.807, 2.05) is 0 Å². The third-order valence-electron chi connectivity index (χ3n) is 2.59. The van der Waals surface area contributed by atoms with Crippen molar-refractivity contribution in [1.82, 2.24) is 0 Å². The van der Waals surface area contributed by atoms with Crippen LogP contribution in [0.5, 0.6) is 11.5 Å². The second-order valence-electron chi connectivity index (χ2n) is 3.86. The molecule has 5 heteroatoms. The van der Waals surface area contributed by atoms with E-state index >= 15 is 0 Å². The number of aromatic hydroxyl groups is 1. The summed E-state index contributed by atoms with van der Waals surface area (Å²) < 4.78 is 10.4. The lowest BCUT2D eigenvalue weighted by Crippen LogP contribution is -2.06. The number of aliphatic hydroxyl groups is 1. The Morgan fingerprint density at radius 3 is 2.89 bits per heavy atom. The lowest BCUT2D eigenvalue weighted by atomic mass is 10.1. The summed E-state index contributed by atoms with van der Waals surface area (Å²) in [5.74, 6) is 0.171. The number of hydrogen-bond donors (Lipinski definition) is 2. The Morgan fingerprint density at radius 2 is 2.21 bits per heavy atom. The van der Waals surface area contributed by atoms with Crippen molar-refractivity contribution in [2.75, 3.05) is 13.2 Å². The van der Waals surface area contributed by atoms with Gasteiger partial charge in [0, 0.05) is 0 Å². The van der Waals surface area contributed by atoms with E-state index in [4.69, 9.17) is 14.3 Å². The molecule has 0 atom stereocenters. The summed E-state index contributed by atoms with van der Waals surface area (Å²) in [6.07, 6.45) is 3.13. The first-order valence-electron chi connectivity index (χ1n) is 5.84. The molecule has 100 valence electrons. The Labute approximate surface area is 109 Å². The van der Waals surface area contributed by atoms with Gasteiger partial charge in [0.2, 0.25) is 0 Å². The van der Waals surface area contributed by atoms with Gasteiger partial charge in [0.05, 0.1) is 12.0 Å². The van der Waals surface area contributed by atoms with Crippen LogP contribution < -0.4 is 10.4 Å². The molecule has 1 heterocycles. The first-order chi connectivity index (χ1) is 9.19. The molecule has 2 N–H and O–H groups in total. The Hall–Kier alpha value is -2.27. The van der Waals surface area contributed by atoms with Crippen LogP contribution in [0.1, 0.15) is 12.5 Å². The van der Waals surface area contributed by atoms with Gasteiger partial charge in [0.15, 0.2) is 11.3 Å². The van der Waals surface area contributed by atoms with Crippen LogP contribution in [0, 0.1) is 0 Å². The van der Waals surface area contributed by atoms with Crippen LogP contribution >= 0.6 is 0 Å². The molecule has 0 aliphatic carbocycles. The van der Waals surface area contributed by atoms with Crippen LogP contribution in [-0.2, 0) is 0 Å². The largest absolute Gasteiger partial charge is 0.506 e. The predicted molar refractivity (Wildman–Crippen MR) is 71.4 cm³/mol. The summed E-state index contributed by atoms with van der Waals surface area (Å²) in [6, 6.07) is 4.91. The van der Waals surface area contributed by atoms with Crippen LogP contribution in [-0.4, -0.2) is 23.4 Å². The smallest absolute Gasteiger partial charge is 0.347 e. The fraction of sp³-hybridized carbons (Fsp3) is 0.214. The Kier molecular flexibility index (Phi) is 3.87. The molecular weight excluding hydrogens is 248 g/mol.